The summed E-state index contributed by atoms with van der Waals surface area (Å²) >= 11 is 1.52. The Balaban J connectivity index is 1.31. The van der Waals surface area contributed by atoms with Gasteiger partial charge >= 0.3 is 12.2 Å². The number of fused-ring (bicyclic) bond motifs is 1. The first-order chi connectivity index (χ1) is 13.9. The second-order valence-electron chi connectivity index (χ2n) is 7.18. The highest BCUT2D eigenvalue weighted by Crippen LogP contribution is 2.37. The summed E-state index contributed by atoms with van der Waals surface area (Å²) in [5.74, 6) is -0.182. The van der Waals surface area contributed by atoms with E-state index in [1.807, 2.05) is 24.3 Å². The standard InChI is InChI=1S/C20H20F3N3O2S/c21-20(22,23)12-4-3-5-13(10-12)25-19(27)24-11-14-8-9-16(28-14)18-26-15-6-1-2-7-17(15)29-18/h1-2,6-9,12-13H,3-5,10-11H2,(H2,24,25,27)/t12-,13-/m0/s1. The molecule has 0 aliphatic heterocycles. The van der Waals surface area contributed by atoms with Crippen molar-refractivity contribution < 1.29 is 22.4 Å². The molecule has 154 valence electrons. The fourth-order valence-corrected chi connectivity index (χ4v) is 4.51. The molecule has 0 radical (unpaired) electrons. The van der Waals surface area contributed by atoms with E-state index in [2.05, 4.69) is 15.6 Å². The minimum atomic E-state index is -4.21. The molecule has 1 aromatic carbocycles. The molecule has 29 heavy (non-hydrogen) atoms. The highest BCUT2D eigenvalue weighted by molar-refractivity contribution is 7.21. The molecule has 2 aromatic heterocycles. The summed E-state index contributed by atoms with van der Waals surface area (Å²) in [6, 6.07) is 10.4. The summed E-state index contributed by atoms with van der Waals surface area (Å²) in [7, 11) is 0. The van der Waals surface area contributed by atoms with Gasteiger partial charge in [0.25, 0.3) is 0 Å². The minimum Gasteiger partial charge on any atom is -0.457 e. The Labute approximate surface area is 169 Å². The highest BCUT2D eigenvalue weighted by Gasteiger charge is 2.42. The molecule has 0 spiro atoms. The van der Waals surface area contributed by atoms with Gasteiger partial charge in [-0.1, -0.05) is 18.6 Å². The van der Waals surface area contributed by atoms with E-state index >= 15 is 0 Å². The largest absolute Gasteiger partial charge is 0.457 e. The zero-order valence-corrected chi connectivity index (χ0v) is 16.3. The minimum absolute atomic E-state index is 0.0700. The van der Waals surface area contributed by atoms with Crippen LogP contribution >= 0.6 is 11.3 Å². The van der Waals surface area contributed by atoms with Crippen LogP contribution in [0.4, 0.5) is 18.0 Å². The summed E-state index contributed by atoms with van der Waals surface area (Å²) < 4.78 is 45.5. The van der Waals surface area contributed by atoms with Gasteiger partial charge in [0.2, 0.25) is 0 Å². The number of furan rings is 1. The van der Waals surface area contributed by atoms with E-state index in [0.29, 0.717) is 24.4 Å². The van der Waals surface area contributed by atoms with Crippen LogP contribution in [-0.4, -0.2) is 23.2 Å². The van der Waals surface area contributed by atoms with Crippen LogP contribution in [0.1, 0.15) is 31.4 Å². The van der Waals surface area contributed by atoms with Crippen LogP contribution in [0, 0.1) is 5.92 Å². The number of hydrogen-bond acceptors (Lipinski definition) is 4. The maximum Gasteiger partial charge on any atom is 0.391 e. The SMILES string of the molecule is O=C(NCc1ccc(-c2nc3ccccc3s2)o1)N[C@H]1CCC[C@H](C(F)(F)F)C1. The molecule has 2 heterocycles. The first-order valence-electron chi connectivity index (χ1n) is 9.44. The fourth-order valence-electron chi connectivity index (χ4n) is 3.59. The molecule has 9 heteroatoms. The Morgan fingerprint density at radius 1 is 1.21 bits per heavy atom. The van der Waals surface area contributed by atoms with E-state index in [1.54, 1.807) is 12.1 Å². The summed E-state index contributed by atoms with van der Waals surface area (Å²) in [6.07, 6.45) is -3.13. The van der Waals surface area contributed by atoms with Gasteiger partial charge in [0, 0.05) is 6.04 Å². The van der Waals surface area contributed by atoms with Gasteiger partial charge in [0.15, 0.2) is 10.8 Å². The number of para-hydroxylation sites is 1. The Kier molecular flexibility index (Phi) is 5.49. The number of carbonyl (C=O) groups excluding carboxylic acids is 1. The van der Waals surface area contributed by atoms with Crippen LogP contribution < -0.4 is 10.6 Å². The lowest BCUT2D eigenvalue weighted by atomic mass is 9.85. The number of hydrogen-bond donors (Lipinski definition) is 2. The summed E-state index contributed by atoms with van der Waals surface area (Å²) in [4.78, 5) is 16.6. The summed E-state index contributed by atoms with van der Waals surface area (Å²) in [6.45, 7) is 0.145. The van der Waals surface area contributed by atoms with Gasteiger partial charge in [-0.15, -0.1) is 11.3 Å². The zero-order valence-electron chi connectivity index (χ0n) is 15.5. The number of aromatic nitrogens is 1. The van der Waals surface area contributed by atoms with Crippen molar-refractivity contribution in [1.82, 2.24) is 15.6 Å². The molecule has 3 aromatic rings. The normalized spacial score (nSPS) is 20.0. The molecule has 2 amide bonds. The third-order valence-corrected chi connectivity index (χ3v) is 6.11. The van der Waals surface area contributed by atoms with E-state index in [9.17, 15) is 18.0 Å². The van der Waals surface area contributed by atoms with E-state index in [1.165, 1.54) is 11.3 Å². The van der Waals surface area contributed by atoms with E-state index in [4.69, 9.17) is 4.42 Å². The number of benzene rings is 1. The zero-order chi connectivity index (χ0) is 20.4. The first-order valence-corrected chi connectivity index (χ1v) is 10.3. The molecule has 1 aliphatic rings. The molecule has 2 N–H and O–H groups in total. The highest BCUT2D eigenvalue weighted by atomic mass is 32.1. The van der Waals surface area contributed by atoms with Crippen molar-refractivity contribution in [3.8, 4) is 10.8 Å². The van der Waals surface area contributed by atoms with Gasteiger partial charge in [-0.2, -0.15) is 13.2 Å². The number of thiazole rings is 1. The summed E-state index contributed by atoms with van der Waals surface area (Å²) in [5, 5.41) is 6.05. The van der Waals surface area contributed by atoms with Crippen molar-refractivity contribution in [1.29, 1.82) is 0 Å². The van der Waals surface area contributed by atoms with Gasteiger partial charge in [0.05, 0.1) is 22.7 Å². The van der Waals surface area contributed by atoms with Crippen molar-refractivity contribution in [2.75, 3.05) is 0 Å². The van der Waals surface area contributed by atoms with Gasteiger partial charge < -0.3 is 15.1 Å². The Morgan fingerprint density at radius 3 is 2.83 bits per heavy atom. The summed E-state index contributed by atoms with van der Waals surface area (Å²) in [5.41, 5.74) is 0.896. The topological polar surface area (TPSA) is 67.2 Å². The van der Waals surface area contributed by atoms with Crippen LogP contribution in [0.2, 0.25) is 0 Å². The maximum absolute atomic E-state index is 12.9. The molecule has 2 atom stereocenters. The van der Waals surface area contributed by atoms with Crippen molar-refractivity contribution in [3.05, 3.63) is 42.2 Å². The van der Waals surface area contributed by atoms with Crippen LogP contribution in [-0.2, 0) is 6.54 Å². The van der Waals surface area contributed by atoms with Crippen LogP contribution in [0.25, 0.3) is 21.0 Å². The molecular formula is C20H20F3N3O2S. The first kappa shape index (κ1) is 19.8. The number of urea groups is 1. The second kappa shape index (κ2) is 8.06. The Hall–Kier alpha value is -2.55. The number of nitrogens with one attached hydrogen (secondary N) is 2. The lowest BCUT2D eigenvalue weighted by molar-refractivity contribution is -0.183. The Morgan fingerprint density at radius 2 is 2.03 bits per heavy atom. The Bertz CT molecular complexity index is 965. The molecular weight excluding hydrogens is 403 g/mol. The maximum atomic E-state index is 12.9. The van der Waals surface area contributed by atoms with E-state index in [-0.39, 0.29) is 19.4 Å². The van der Waals surface area contributed by atoms with Crippen LogP contribution in [0.3, 0.4) is 0 Å². The average molecular weight is 423 g/mol. The quantitative estimate of drug-likeness (QED) is 0.584. The molecule has 1 saturated carbocycles. The number of carbonyl (C=O) groups is 1. The molecule has 0 unspecified atom stereocenters. The predicted molar refractivity (Wildman–Crippen MR) is 104 cm³/mol. The van der Waals surface area contributed by atoms with E-state index < -0.39 is 24.2 Å². The number of halogens is 3. The van der Waals surface area contributed by atoms with E-state index in [0.717, 1.165) is 15.2 Å². The molecule has 4 rings (SSSR count). The molecule has 5 nitrogen and oxygen atoms in total. The lowest BCUT2D eigenvalue weighted by Gasteiger charge is -2.30. The predicted octanol–water partition coefficient (Wildman–Crippen LogP) is 5.48. The third-order valence-electron chi connectivity index (χ3n) is 5.06. The van der Waals surface area contributed by atoms with Gasteiger partial charge in [0.1, 0.15) is 5.76 Å². The number of rotatable bonds is 4. The van der Waals surface area contributed by atoms with Crippen molar-refractivity contribution in [3.63, 3.8) is 0 Å². The van der Waals surface area contributed by atoms with Gasteiger partial charge in [-0.05, 0) is 43.5 Å². The molecule has 1 fully saturated rings. The van der Waals surface area contributed by atoms with Gasteiger partial charge in [-0.25, -0.2) is 9.78 Å². The van der Waals surface area contributed by atoms with Crippen molar-refractivity contribution >= 4 is 27.6 Å². The monoisotopic (exact) mass is 423 g/mol. The number of amides is 2. The van der Waals surface area contributed by atoms with Crippen LogP contribution in [0.15, 0.2) is 40.8 Å². The van der Waals surface area contributed by atoms with Gasteiger partial charge in [-0.3, -0.25) is 0 Å². The van der Waals surface area contributed by atoms with Crippen LogP contribution in [0.5, 0.6) is 0 Å². The van der Waals surface area contributed by atoms with Crippen molar-refractivity contribution in [2.24, 2.45) is 5.92 Å². The number of nitrogens with zero attached hydrogens (tertiary/aromatic N) is 1. The molecule has 1 aliphatic carbocycles. The lowest BCUT2D eigenvalue weighted by Crippen LogP contribution is -2.45. The fraction of sp³-hybridized carbons (Fsp3) is 0.400. The second-order valence-corrected chi connectivity index (χ2v) is 8.21. The molecule has 0 saturated heterocycles. The molecule has 0 bridgehead atoms. The van der Waals surface area contributed by atoms with Crippen molar-refractivity contribution in [2.45, 2.75) is 44.4 Å². The third kappa shape index (κ3) is 4.72. The average Bonchev–Trinajstić information content (AvgIpc) is 3.32. The smallest absolute Gasteiger partial charge is 0.391 e. The number of alkyl halides is 3.